The van der Waals surface area contributed by atoms with Crippen molar-refractivity contribution >= 4 is 28.6 Å². The molecule has 162 valence electrons. The molecule has 0 unspecified atom stereocenters. The zero-order chi connectivity index (χ0) is 22.5. The summed E-state index contributed by atoms with van der Waals surface area (Å²) in [6.45, 7) is 4.57. The van der Waals surface area contributed by atoms with Crippen molar-refractivity contribution in [3.8, 4) is 28.8 Å². The van der Waals surface area contributed by atoms with Crippen molar-refractivity contribution in [1.29, 1.82) is 5.26 Å². The molecule has 0 amide bonds. The smallest absolute Gasteiger partial charge is 0.338 e. The highest BCUT2D eigenvalue weighted by atomic mass is 32.1. The van der Waals surface area contributed by atoms with Crippen LogP contribution in [0.4, 0.5) is 5.69 Å². The molecular formula is C24H21N3O4S. The molecule has 0 bridgehead atoms. The third-order valence-electron chi connectivity index (χ3n) is 4.57. The van der Waals surface area contributed by atoms with E-state index in [0.717, 1.165) is 16.9 Å². The topological polar surface area (TPSA) is 93.5 Å². The van der Waals surface area contributed by atoms with Gasteiger partial charge in [-0.3, -0.25) is 0 Å². The van der Waals surface area contributed by atoms with E-state index in [-0.39, 0.29) is 18.7 Å². The van der Waals surface area contributed by atoms with Crippen molar-refractivity contribution in [2.24, 2.45) is 5.92 Å². The van der Waals surface area contributed by atoms with E-state index >= 15 is 0 Å². The summed E-state index contributed by atoms with van der Waals surface area (Å²) in [6.07, 6.45) is 1.61. The summed E-state index contributed by atoms with van der Waals surface area (Å²) in [7, 11) is 0. The second kappa shape index (κ2) is 9.54. The maximum atomic E-state index is 12.0. The van der Waals surface area contributed by atoms with E-state index < -0.39 is 0 Å². The molecule has 0 atom stereocenters. The zero-order valence-corrected chi connectivity index (χ0v) is 18.4. The largest absolute Gasteiger partial charge is 0.462 e. The number of allylic oxidation sites excluding steroid dienone is 1. The van der Waals surface area contributed by atoms with Gasteiger partial charge in [0, 0.05) is 22.8 Å². The van der Waals surface area contributed by atoms with Crippen LogP contribution in [0.15, 0.2) is 54.0 Å². The number of benzene rings is 2. The number of thiazole rings is 1. The number of esters is 1. The predicted molar refractivity (Wildman–Crippen MR) is 122 cm³/mol. The van der Waals surface area contributed by atoms with Crippen LogP contribution in [0.1, 0.15) is 29.2 Å². The van der Waals surface area contributed by atoms with Gasteiger partial charge in [-0.15, -0.1) is 11.3 Å². The third kappa shape index (κ3) is 4.90. The van der Waals surface area contributed by atoms with E-state index in [2.05, 4.69) is 16.4 Å². The molecule has 0 saturated heterocycles. The molecule has 8 heteroatoms. The van der Waals surface area contributed by atoms with Gasteiger partial charge in [0.15, 0.2) is 11.5 Å². The number of anilines is 1. The van der Waals surface area contributed by atoms with Crippen LogP contribution in [0.3, 0.4) is 0 Å². The normalized spacial score (nSPS) is 12.5. The molecule has 0 aliphatic carbocycles. The molecule has 3 aromatic rings. The zero-order valence-electron chi connectivity index (χ0n) is 17.6. The number of carbonyl (C=O) groups excluding carboxylic acids is 1. The molecule has 0 radical (unpaired) electrons. The van der Waals surface area contributed by atoms with Crippen LogP contribution in [0.25, 0.3) is 16.8 Å². The van der Waals surface area contributed by atoms with Gasteiger partial charge in [-0.2, -0.15) is 5.26 Å². The van der Waals surface area contributed by atoms with Gasteiger partial charge in [-0.1, -0.05) is 13.8 Å². The van der Waals surface area contributed by atoms with Gasteiger partial charge in [-0.05, 0) is 48.4 Å². The summed E-state index contributed by atoms with van der Waals surface area (Å²) in [5, 5.41) is 15.2. The van der Waals surface area contributed by atoms with Crippen LogP contribution in [0.5, 0.6) is 11.5 Å². The van der Waals surface area contributed by atoms with Crippen LogP contribution in [-0.2, 0) is 4.74 Å². The Balaban J connectivity index is 1.44. The highest BCUT2D eigenvalue weighted by Gasteiger charge is 2.16. The minimum Gasteiger partial charge on any atom is -0.462 e. The minimum absolute atomic E-state index is 0.216. The van der Waals surface area contributed by atoms with E-state index in [4.69, 9.17) is 14.2 Å². The number of nitrogens with zero attached hydrogens (tertiary/aromatic N) is 2. The van der Waals surface area contributed by atoms with Crippen molar-refractivity contribution < 1.29 is 19.0 Å². The van der Waals surface area contributed by atoms with Crippen LogP contribution < -0.4 is 14.8 Å². The molecule has 0 saturated carbocycles. The van der Waals surface area contributed by atoms with E-state index in [1.807, 2.05) is 37.4 Å². The average molecular weight is 448 g/mol. The Bertz CT molecular complexity index is 1190. The summed E-state index contributed by atoms with van der Waals surface area (Å²) in [5.74, 6) is 1.33. The number of rotatable bonds is 7. The first-order valence-electron chi connectivity index (χ1n) is 10.0. The maximum absolute atomic E-state index is 12.0. The molecule has 0 fully saturated rings. The van der Waals surface area contributed by atoms with E-state index in [9.17, 15) is 10.1 Å². The van der Waals surface area contributed by atoms with Crippen LogP contribution in [0.2, 0.25) is 0 Å². The Kier molecular flexibility index (Phi) is 6.38. The predicted octanol–water partition coefficient (Wildman–Crippen LogP) is 5.33. The Labute approximate surface area is 189 Å². The number of fused-ring (bicyclic) bond motifs is 1. The van der Waals surface area contributed by atoms with E-state index in [0.29, 0.717) is 34.3 Å². The molecule has 0 spiro atoms. The molecule has 1 aliphatic rings. The molecule has 32 heavy (non-hydrogen) atoms. The monoisotopic (exact) mass is 447 g/mol. The van der Waals surface area contributed by atoms with Gasteiger partial charge in [0.25, 0.3) is 0 Å². The summed E-state index contributed by atoms with van der Waals surface area (Å²) < 4.78 is 16.0. The lowest BCUT2D eigenvalue weighted by Crippen LogP contribution is -2.10. The first-order chi connectivity index (χ1) is 15.5. The second-order valence-corrected chi connectivity index (χ2v) is 8.35. The summed E-state index contributed by atoms with van der Waals surface area (Å²) in [6, 6.07) is 14.7. The Morgan fingerprint density at radius 2 is 2.03 bits per heavy atom. The van der Waals surface area contributed by atoms with Crippen molar-refractivity contribution in [3.63, 3.8) is 0 Å². The molecule has 7 nitrogen and oxygen atoms in total. The van der Waals surface area contributed by atoms with Crippen molar-refractivity contribution in [2.45, 2.75) is 13.8 Å². The maximum Gasteiger partial charge on any atom is 0.338 e. The van der Waals surface area contributed by atoms with Crippen LogP contribution in [-0.4, -0.2) is 24.4 Å². The quantitative estimate of drug-likeness (QED) is 0.386. The Morgan fingerprint density at radius 3 is 2.78 bits per heavy atom. The highest BCUT2D eigenvalue weighted by molar-refractivity contribution is 7.11. The number of nitriles is 1. The first kappa shape index (κ1) is 21.4. The van der Waals surface area contributed by atoms with Crippen molar-refractivity contribution in [2.75, 3.05) is 18.7 Å². The van der Waals surface area contributed by atoms with Crippen LogP contribution in [0, 0.1) is 17.2 Å². The minimum atomic E-state index is -0.350. The number of nitrogens with one attached hydrogen (secondary N) is 1. The van der Waals surface area contributed by atoms with Crippen molar-refractivity contribution in [3.05, 3.63) is 64.6 Å². The first-order valence-corrected chi connectivity index (χ1v) is 10.9. The fourth-order valence-electron chi connectivity index (χ4n) is 2.91. The molecule has 2 aromatic carbocycles. The Morgan fingerprint density at radius 1 is 1.25 bits per heavy atom. The fraction of sp³-hybridized carbons (Fsp3) is 0.208. The summed E-state index contributed by atoms with van der Waals surface area (Å²) in [4.78, 5) is 16.6. The van der Waals surface area contributed by atoms with Crippen LogP contribution >= 0.6 is 11.3 Å². The summed E-state index contributed by atoms with van der Waals surface area (Å²) >= 11 is 1.38. The molecule has 1 aliphatic heterocycles. The van der Waals surface area contributed by atoms with E-state index in [1.165, 1.54) is 11.3 Å². The lowest BCUT2D eigenvalue weighted by atomic mass is 10.1. The van der Waals surface area contributed by atoms with E-state index in [1.54, 1.807) is 30.5 Å². The standard InChI is InChI=1S/C24H21N3O4S/c1-15(2)12-29-24(28)16-3-6-19(7-4-16)26-11-18(10-25)23-27-20(13-32-23)17-5-8-21-22(9-17)31-14-30-21/h3-9,11,13,15,26H,12,14H2,1-2H3/b18-11+. The van der Waals surface area contributed by atoms with Gasteiger partial charge in [0.05, 0.1) is 17.9 Å². The number of hydrogen-bond donors (Lipinski definition) is 1. The molecular weight excluding hydrogens is 426 g/mol. The Hall–Kier alpha value is -3.83. The number of ether oxygens (including phenoxy) is 3. The average Bonchev–Trinajstić information content (AvgIpc) is 3.47. The van der Waals surface area contributed by atoms with Gasteiger partial charge in [-0.25, -0.2) is 9.78 Å². The molecule has 2 heterocycles. The molecule has 1 N–H and O–H groups in total. The molecule has 4 rings (SSSR count). The van der Waals surface area contributed by atoms with Gasteiger partial charge >= 0.3 is 5.97 Å². The van der Waals surface area contributed by atoms with Crippen molar-refractivity contribution in [1.82, 2.24) is 4.98 Å². The highest BCUT2D eigenvalue weighted by Crippen LogP contribution is 2.36. The SMILES string of the molecule is CC(C)COC(=O)c1ccc(N/C=C(\C#N)c2nc(-c3ccc4c(c3)OCO4)cs2)cc1. The lowest BCUT2D eigenvalue weighted by molar-refractivity contribution is 0.0459. The summed E-state index contributed by atoms with van der Waals surface area (Å²) in [5.41, 5.74) is 3.28. The number of carbonyl (C=O) groups is 1. The third-order valence-corrected chi connectivity index (χ3v) is 5.45. The van der Waals surface area contributed by atoms with Gasteiger partial charge in [0.2, 0.25) is 6.79 Å². The number of hydrogen-bond acceptors (Lipinski definition) is 8. The second-order valence-electron chi connectivity index (χ2n) is 7.49. The van der Waals surface area contributed by atoms with Gasteiger partial charge in [0.1, 0.15) is 16.6 Å². The molecule has 1 aromatic heterocycles. The number of aromatic nitrogens is 1. The van der Waals surface area contributed by atoms with Gasteiger partial charge < -0.3 is 19.5 Å². The fourth-order valence-corrected chi connectivity index (χ4v) is 3.71. The lowest BCUT2D eigenvalue weighted by Gasteiger charge is -2.07.